The van der Waals surface area contributed by atoms with E-state index in [1.807, 2.05) is 12.1 Å². The normalized spacial score (nSPS) is 22.8. The minimum atomic E-state index is -0.673. The van der Waals surface area contributed by atoms with Gasteiger partial charge in [-0.1, -0.05) is 28.1 Å². The van der Waals surface area contributed by atoms with Crippen LogP contribution >= 0.6 is 15.9 Å². The lowest BCUT2D eigenvalue weighted by Gasteiger charge is -2.36. The second-order valence-corrected chi connectivity index (χ2v) is 6.66. The number of fused-ring (bicyclic) bond motifs is 1. The molecule has 5 heteroatoms. The van der Waals surface area contributed by atoms with Crippen molar-refractivity contribution in [1.82, 2.24) is 10.6 Å². The molecule has 2 aliphatic rings. The number of nitrogens with one attached hydrogen (secondary N) is 2. The molecule has 4 nitrogen and oxygen atoms in total. The van der Waals surface area contributed by atoms with Gasteiger partial charge in [0.05, 0.1) is 11.6 Å². The van der Waals surface area contributed by atoms with Crippen molar-refractivity contribution < 1.29 is 9.90 Å². The molecule has 0 aromatic heterocycles. The van der Waals surface area contributed by atoms with Crippen molar-refractivity contribution in [1.29, 1.82) is 0 Å². The van der Waals surface area contributed by atoms with Gasteiger partial charge < -0.3 is 15.7 Å². The fourth-order valence-electron chi connectivity index (χ4n) is 2.98. The van der Waals surface area contributed by atoms with Crippen LogP contribution in [0.25, 0.3) is 0 Å². The second kappa shape index (κ2) is 5.37. The van der Waals surface area contributed by atoms with Crippen molar-refractivity contribution in [2.24, 2.45) is 0 Å². The molecule has 1 atom stereocenters. The van der Waals surface area contributed by atoms with Gasteiger partial charge in [-0.3, -0.25) is 0 Å². The first-order valence-electron chi connectivity index (χ1n) is 7.11. The van der Waals surface area contributed by atoms with Gasteiger partial charge in [-0.25, -0.2) is 4.79 Å². The summed E-state index contributed by atoms with van der Waals surface area (Å²) in [4.78, 5) is 11.9. The molecule has 0 bridgehead atoms. The smallest absolute Gasteiger partial charge is 0.315 e. The molecule has 2 amide bonds. The van der Waals surface area contributed by atoms with Crippen LogP contribution in [0.3, 0.4) is 0 Å². The fourth-order valence-corrected chi connectivity index (χ4v) is 3.56. The highest BCUT2D eigenvalue weighted by molar-refractivity contribution is 9.10. The van der Waals surface area contributed by atoms with Gasteiger partial charge in [0.15, 0.2) is 0 Å². The Bertz CT molecular complexity index is 529. The van der Waals surface area contributed by atoms with Crippen LogP contribution in [0, 0.1) is 0 Å². The summed E-state index contributed by atoms with van der Waals surface area (Å²) in [7, 11) is 0. The van der Waals surface area contributed by atoms with Gasteiger partial charge in [0, 0.05) is 11.0 Å². The standard InChI is InChI=1S/C15H19BrN2O2/c16-12-4-1-3-11-10(12)5-6-13(11)18-14(19)17-9-15(20)7-2-8-15/h1,3-4,13,20H,2,5-9H2,(H2,17,18,19). The molecule has 1 fully saturated rings. The minimum Gasteiger partial charge on any atom is -0.388 e. The third-order valence-electron chi connectivity index (χ3n) is 4.38. The Morgan fingerprint density at radius 3 is 2.95 bits per heavy atom. The maximum Gasteiger partial charge on any atom is 0.315 e. The molecule has 0 heterocycles. The van der Waals surface area contributed by atoms with E-state index in [-0.39, 0.29) is 12.1 Å². The van der Waals surface area contributed by atoms with E-state index >= 15 is 0 Å². The summed E-state index contributed by atoms with van der Waals surface area (Å²) >= 11 is 3.55. The van der Waals surface area contributed by atoms with Crippen molar-refractivity contribution in [3.05, 3.63) is 33.8 Å². The minimum absolute atomic E-state index is 0.0681. The summed E-state index contributed by atoms with van der Waals surface area (Å²) in [6, 6.07) is 5.98. The summed E-state index contributed by atoms with van der Waals surface area (Å²) in [5, 5.41) is 15.8. The third-order valence-corrected chi connectivity index (χ3v) is 5.12. The molecule has 0 radical (unpaired) electrons. The highest BCUT2D eigenvalue weighted by Gasteiger charge is 2.34. The van der Waals surface area contributed by atoms with Crippen molar-refractivity contribution in [2.75, 3.05) is 6.54 Å². The van der Waals surface area contributed by atoms with Crippen molar-refractivity contribution >= 4 is 22.0 Å². The highest BCUT2D eigenvalue weighted by atomic mass is 79.9. The van der Waals surface area contributed by atoms with Crippen LogP contribution in [0.2, 0.25) is 0 Å². The zero-order chi connectivity index (χ0) is 14.2. The lowest BCUT2D eigenvalue weighted by atomic mass is 9.80. The first-order valence-corrected chi connectivity index (χ1v) is 7.91. The van der Waals surface area contributed by atoms with Crippen LogP contribution in [0.4, 0.5) is 4.79 Å². The molecule has 1 saturated carbocycles. The number of halogens is 1. The average molecular weight is 339 g/mol. The van der Waals surface area contributed by atoms with Crippen LogP contribution in [0.5, 0.6) is 0 Å². The number of aliphatic hydroxyl groups is 1. The quantitative estimate of drug-likeness (QED) is 0.793. The van der Waals surface area contributed by atoms with Crippen molar-refractivity contribution in [3.8, 4) is 0 Å². The Labute approximate surface area is 127 Å². The number of hydrogen-bond donors (Lipinski definition) is 3. The van der Waals surface area contributed by atoms with Gasteiger partial charge in [-0.15, -0.1) is 0 Å². The molecule has 1 aromatic carbocycles. The van der Waals surface area contributed by atoms with E-state index in [0.717, 1.165) is 36.6 Å². The maximum absolute atomic E-state index is 11.9. The average Bonchev–Trinajstić information content (AvgIpc) is 2.79. The Balaban J connectivity index is 1.57. The highest BCUT2D eigenvalue weighted by Crippen LogP contribution is 2.35. The Kier molecular flexibility index (Phi) is 3.73. The summed E-state index contributed by atoms with van der Waals surface area (Å²) in [5.41, 5.74) is 1.81. The van der Waals surface area contributed by atoms with Crippen molar-refractivity contribution in [2.45, 2.75) is 43.7 Å². The molecular weight excluding hydrogens is 320 g/mol. The number of urea groups is 1. The zero-order valence-corrected chi connectivity index (χ0v) is 12.9. The van der Waals surface area contributed by atoms with Gasteiger partial charge in [0.2, 0.25) is 0 Å². The lowest BCUT2D eigenvalue weighted by molar-refractivity contribution is -0.0290. The van der Waals surface area contributed by atoms with Gasteiger partial charge >= 0.3 is 6.03 Å². The number of carbonyl (C=O) groups is 1. The Morgan fingerprint density at radius 1 is 1.45 bits per heavy atom. The molecule has 1 unspecified atom stereocenters. The lowest BCUT2D eigenvalue weighted by Crippen LogP contribution is -2.50. The molecule has 20 heavy (non-hydrogen) atoms. The van der Waals surface area contributed by atoms with E-state index in [1.165, 1.54) is 11.1 Å². The Morgan fingerprint density at radius 2 is 2.25 bits per heavy atom. The molecular formula is C15H19BrN2O2. The number of carbonyl (C=O) groups excluding carboxylic acids is 1. The molecule has 0 aliphatic heterocycles. The number of hydrogen-bond acceptors (Lipinski definition) is 2. The number of benzene rings is 1. The fraction of sp³-hybridized carbons (Fsp3) is 0.533. The number of amides is 2. The molecule has 3 N–H and O–H groups in total. The predicted molar refractivity (Wildman–Crippen MR) is 80.5 cm³/mol. The summed E-state index contributed by atoms with van der Waals surface area (Å²) in [6.45, 7) is 0.344. The van der Waals surface area contributed by atoms with E-state index < -0.39 is 5.60 Å². The van der Waals surface area contributed by atoms with Gasteiger partial charge in [-0.2, -0.15) is 0 Å². The van der Waals surface area contributed by atoms with Crippen LogP contribution < -0.4 is 10.6 Å². The molecule has 1 aromatic rings. The van der Waals surface area contributed by atoms with E-state index in [4.69, 9.17) is 0 Å². The monoisotopic (exact) mass is 338 g/mol. The summed E-state index contributed by atoms with van der Waals surface area (Å²) in [6.07, 6.45) is 4.52. The summed E-state index contributed by atoms with van der Waals surface area (Å²) < 4.78 is 1.11. The molecule has 0 spiro atoms. The third kappa shape index (κ3) is 2.69. The summed E-state index contributed by atoms with van der Waals surface area (Å²) in [5.74, 6) is 0. The molecule has 108 valence electrons. The van der Waals surface area contributed by atoms with Crippen LogP contribution in [-0.4, -0.2) is 23.3 Å². The largest absolute Gasteiger partial charge is 0.388 e. The zero-order valence-electron chi connectivity index (χ0n) is 11.3. The van der Waals surface area contributed by atoms with Gasteiger partial charge in [0.25, 0.3) is 0 Å². The first kappa shape index (κ1) is 13.9. The maximum atomic E-state index is 11.9. The molecule has 3 rings (SSSR count). The first-order chi connectivity index (χ1) is 9.57. The molecule has 2 aliphatic carbocycles. The van der Waals surface area contributed by atoms with E-state index in [1.54, 1.807) is 0 Å². The Hall–Kier alpha value is -1.07. The van der Waals surface area contributed by atoms with E-state index in [0.29, 0.717) is 6.54 Å². The topological polar surface area (TPSA) is 61.4 Å². The predicted octanol–water partition coefficient (Wildman–Crippen LogP) is 2.65. The number of rotatable bonds is 3. The van der Waals surface area contributed by atoms with E-state index in [2.05, 4.69) is 32.6 Å². The van der Waals surface area contributed by atoms with Crippen LogP contribution in [-0.2, 0) is 6.42 Å². The van der Waals surface area contributed by atoms with Crippen molar-refractivity contribution in [3.63, 3.8) is 0 Å². The van der Waals surface area contributed by atoms with Gasteiger partial charge in [-0.05, 0) is 49.3 Å². The van der Waals surface area contributed by atoms with Gasteiger partial charge in [0.1, 0.15) is 0 Å². The van der Waals surface area contributed by atoms with Crippen LogP contribution in [0.1, 0.15) is 42.9 Å². The SMILES string of the molecule is O=C(NCC1(O)CCC1)NC1CCc2c(Br)cccc21. The molecule has 0 saturated heterocycles. The van der Waals surface area contributed by atoms with E-state index in [9.17, 15) is 9.90 Å². The van der Waals surface area contributed by atoms with Crippen LogP contribution in [0.15, 0.2) is 22.7 Å². The second-order valence-electron chi connectivity index (χ2n) is 5.80.